The minimum atomic E-state index is -0.148. The molecule has 0 unspecified atom stereocenters. The van der Waals surface area contributed by atoms with Gasteiger partial charge < -0.3 is 10.2 Å². The predicted octanol–water partition coefficient (Wildman–Crippen LogP) is 5.04. The van der Waals surface area contributed by atoms with Gasteiger partial charge in [0.15, 0.2) is 5.82 Å². The molecule has 27 heavy (non-hydrogen) atoms. The van der Waals surface area contributed by atoms with E-state index in [-0.39, 0.29) is 6.03 Å². The van der Waals surface area contributed by atoms with Crippen LogP contribution in [0.1, 0.15) is 11.3 Å². The number of carbonyl (C=O) groups excluding carboxylic acids is 1. The van der Waals surface area contributed by atoms with Crippen LogP contribution in [0.5, 0.6) is 0 Å². The van der Waals surface area contributed by atoms with Crippen molar-refractivity contribution in [3.05, 3.63) is 76.0 Å². The van der Waals surface area contributed by atoms with Crippen molar-refractivity contribution in [2.45, 2.75) is 13.0 Å². The number of anilines is 1. The largest absolute Gasteiger partial charge is 0.322 e. The van der Waals surface area contributed by atoms with Gasteiger partial charge in [-0.25, -0.2) is 14.8 Å². The van der Waals surface area contributed by atoms with Gasteiger partial charge in [0.1, 0.15) is 0 Å². The van der Waals surface area contributed by atoms with E-state index in [2.05, 4.69) is 15.3 Å². The lowest BCUT2D eigenvalue weighted by molar-refractivity contribution is 0.206. The molecule has 0 saturated carbocycles. The van der Waals surface area contributed by atoms with Crippen LogP contribution in [-0.4, -0.2) is 27.4 Å². The van der Waals surface area contributed by atoms with Gasteiger partial charge >= 0.3 is 6.03 Å². The molecule has 0 aliphatic carbocycles. The van der Waals surface area contributed by atoms with E-state index in [1.165, 1.54) is 0 Å². The Morgan fingerprint density at radius 1 is 1.00 bits per heavy atom. The number of fused-ring (bicyclic) bond motifs is 1. The van der Waals surface area contributed by atoms with Crippen LogP contribution in [0.2, 0.25) is 10.0 Å². The first kappa shape index (κ1) is 17.8. The van der Waals surface area contributed by atoms with Crippen LogP contribution in [-0.2, 0) is 13.0 Å². The monoisotopic (exact) mass is 398 g/mol. The Bertz CT molecular complexity index is 974. The minimum Gasteiger partial charge on any atom is -0.320 e. The highest BCUT2D eigenvalue weighted by atomic mass is 35.5. The lowest BCUT2D eigenvalue weighted by Crippen LogP contribution is -2.39. The van der Waals surface area contributed by atoms with E-state index in [1.807, 2.05) is 24.3 Å². The van der Waals surface area contributed by atoms with Gasteiger partial charge in [0, 0.05) is 46.0 Å². The van der Waals surface area contributed by atoms with Crippen molar-refractivity contribution in [3.63, 3.8) is 0 Å². The van der Waals surface area contributed by atoms with Crippen LogP contribution in [0.3, 0.4) is 0 Å². The molecule has 5 nitrogen and oxygen atoms in total. The Morgan fingerprint density at radius 2 is 1.67 bits per heavy atom. The molecule has 0 atom stereocenters. The maximum Gasteiger partial charge on any atom is 0.322 e. The molecule has 0 bridgehead atoms. The summed E-state index contributed by atoms with van der Waals surface area (Å²) >= 11 is 11.8. The van der Waals surface area contributed by atoms with Crippen molar-refractivity contribution in [1.82, 2.24) is 14.9 Å². The van der Waals surface area contributed by atoms with Crippen molar-refractivity contribution in [1.29, 1.82) is 0 Å². The second-order valence-electron chi connectivity index (χ2n) is 6.28. The number of amides is 2. The molecule has 2 amide bonds. The van der Waals surface area contributed by atoms with Crippen molar-refractivity contribution in [2.75, 3.05) is 11.9 Å². The van der Waals surface area contributed by atoms with Crippen LogP contribution in [0, 0.1) is 0 Å². The Kier molecular flexibility index (Phi) is 4.97. The highest BCUT2D eigenvalue weighted by molar-refractivity contribution is 6.30. The first-order valence-corrected chi connectivity index (χ1v) is 9.26. The van der Waals surface area contributed by atoms with Crippen molar-refractivity contribution in [3.8, 4) is 11.4 Å². The second kappa shape index (κ2) is 7.55. The lowest BCUT2D eigenvalue weighted by atomic mass is 10.1. The molecule has 0 saturated heterocycles. The predicted molar refractivity (Wildman–Crippen MR) is 107 cm³/mol. The number of urea groups is 1. The third kappa shape index (κ3) is 4.04. The van der Waals surface area contributed by atoms with E-state index in [4.69, 9.17) is 23.2 Å². The van der Waals surface area contributed by atoms with Crippen LogP contribution in [0.15, 0.2) is 54.7 Å². The van der Waals surface area contributed by atoms with Gasteiger partial charge in [-0.3, -0.25) is 0 Å². The standard InChI is InChI=1S/C20H16Cl2N4O/c21-15-3-1-13(2-4-15)19-23-11-14-12-26(10-9-18(14)25-19)20(27)24-17-7-5-16(22)6-8-17/h1-8,11H,9-10,12H2,(H,24,27). The quantitative estimate of drug-likeness (QED) is 0.657. The van der Waals surface area contributed by atoms with Gasteiger partial charge in [0.2, 0.25) is 0 Å². The highest BCUT2D eigenvalue weighted by Gasteiger charge is 2.22. The molecule has 7 heteroatoms. The third-order valence-electron chi connectivity index (χ3n) is 4.42. The normalized spacial score (nSPS) is 13.2. The fourth-order valence-corrected chi connectivity index (χ4v) is 3.22. The summed E-state index contributed by atoms with van der Waals surface area (Å²) in [6.07, 6.45) is 2.49. The summed E-state index contributed by atoms with van der Waals surface area (Å²) in [5, 5.41) is 4.20. The smallest absolute Gasteiger partial charge is 0.320 e. The first-order valence-electron chi connectivity index (χ1n) is 8.51. The Labute approximate surface area is 167 Å². The van der Waals surface area contributed by atoms with E-state index in [1.54, 1.807) is 35.4 Å². The first-order chi connectivity index (χ1) is 13.1. The summed E-state index contributed by atoms with van der Waals surface area (Å²) in [6, 6.07) is 14.3. The van der Waals surface area contributed by atoms with Crippen molar-refractivity contribution >= 4 is 34.9 Å². The molecule has 1 aromatic heterocycles. The zero-order valence-corrected chi connectivity index (χ0v) is 15.8. The molecular formula is C20H16Cl2N4O. The number of nitrogens with zero attached hydrogens (tertiary/aromatic N) is 3. The van der Waals surface area contributed by atoms with Crippen LogP contribution in [0.4, 0.5) is 10.5 Å². The zero-order valence-electron chi connectivity index (χ0n) is 14.3. The number of rotatable bonds is 2. The summed E-state index contributed by atoms with van der Waals surface area (Å²) in [4.78, 5) is 23.4. The minimum absolute atomic E-state index is 0.148. The van der Waals surface area contributed by atoms with Crippen molar-refractivity contribution < 1.29 is 4.79 Å². The molecule has 0 spiro atoms. The summed E-state index contributed by atoms with van der Waals surface area (Å²) in [5.74, 6) is 0.671. The van der Waals surface area contributed by atoms with E-state index < -0.39 is 0 Å². The number of nitrogens with one attached hydrogen (secondary N) is 1. The van der Waals surface area contributed by atoms with Crippen LogP contribution >= 0.6 is 23.2 Å². The highest BCUT2D eigenvalue weighted by Crippen LogP contribution is 2.23. The maximum atomic E-state index is 12.5. The molecule has 136 valence electrons. The summed E-state index contributed by atoms with van der Waals surface area (Å²) in [7, 11) is 0. The molecule has 1 aliphatic heterocycles. The number of hydrogen-bond acceptors (Lipinski definition) is 3. The van der Waals surface area contributed by atoms with E-state index in [9.17, 15) is 4.79 Å². The van der Waals surface area contributed by atoms with Gasteiger partial charge in [0.25, 0.3) is 0 Å². The number of hydrogen-bond donors (Lipinski definition) is 1. The van der Waals surface area contributed by atoms with Gasteiger partial charge in [-0.15, -0.1) is 0 Å². The van der Waals surface area contributed by atoms with Gasteiger partial charge in [-0.05, 0) is 48.5 Å². The summed E-state index contributed by atoms with van der Waals surface area (Å²) in [6.45, 7) is 1.08. The lowest BCUT2D eigenvalue weighted by Gasteiger charge is -2.28. The average Bonchev–Trinajstić information content (AvgIpc) is 2.69. The Balaban J connectivity index is 1.47. The topological polar surface area (TPSA) is 58.1 Å². The second-order valence-corrected chi connectivity index (χ2v) is 7.15. The number of carbonyl (C=O) groups is 1. The third-order valence-corrected chi connectivity index (χ3v) is 4.92. The number of halogens is 2. The zero-order chi connectivity index (χ0) is 18.8. The Morgan fingerprint density at radius 3 is 2.37 bits per heavy atom. The fourth-order valence-electron chi connectivity index (χ4n) is 2.96. The van der Waals surface area contributed by atoms with E-state index in [0.717, 1.165) is 16.8 Å². The SMILES string of the molecule is O=C(Nc1ccc(Cl)cc1)N1CCc2nc(-c3ccc(Cl)cc3)ncc2C1. The van der Waals surface area contributed by atoms with Crippen LogP contribution < -0.4 is 5.32 Å². The number of aromatic nitrogens is 2. The van der Waals surface area contributed by atoms with Crippen molar-refractivity contribution in [2.24, 2.45) is 0 Å². The number of benzene rings is 2. The van der Waals surface area contributed by atoms with Gasteiger partial charge in [0.05, 0.1) is 12.2 Å². The van der Waals surface area contributed by atoms with Crippen LogP contribution in [0.25, 0.3) is 11.4 Å². The maximum absolute atomic E-state index is 12.5. The Hall–Kier alpha value is -2.63. The average molecular weight is 399 g/mol. The molecule has 0 radical (unpaired) electrons. The molecule has 1 N–H and O–H groups in total. The molecular weight excluding hydrogens is 383 g/mol. The molecule has 0 fully saturated rings. The molecule has 2 heterocycles. The molecule has 2 aromatic carbocycles. The summed E-state index contributed by atoms with van der Waals surface area (Å²) < 4.78 is 0. The van der Waals surface area contributed by atoms with Gasteiger partial charge in [-0.2, -0.15) is 0 Å². The van der Waals surface area contributed by atoms with E-state index >= 15 is 0 Å². The fraction of sp³-hybridized carbons (Fsp3) is 0.150. The van der Waals surface area contributed by atoms with E-state index in [0.29, 0.717) is 41.1 Å². The molecule has 1 aliphatic rings. The molecule has 3 aromatic rings. The van der Waals surface area contributed by atoms with Gasteiger partial charge in [-0.1, -0.05) is 23.2 Å². The summed E-state index contributed by atoms with van der Waals surface area (Å²) in [5.41, 5.74) is 3.57. The molecule has 4 rings (SSSR count).